The highest BCUT2D eigenvalue weighted by Gasteiger charge is 2.27. The van der Waals surface area contributed by atoms with Crippen LogP contribution in [0.4, 0.5) is 5.13 Å². The van der Waals surface area contributed by atoms with Crippen molar-refractivity contribution in [3.8, 4) is 0 Å². The molecule has 0 spiro atoms. The Balaban J connectivity index is 1.88. The van der Waals surface area contributed by atoms with Gasteiger partial charge in [0.15, 0.2) is 5.13 Å². The molecule has 2 heterocycles. The first-order chi connectivity index (χ1) is 10.1. The number of hydrogen-bond donors (Lipinski definition) is 1. The highest BCUT2D eigenvalue weighted by molar-refractivity contribution is 7.13. The number of hydrogen-bond acceptors (Lipinski definition) is 6. The van der Waals surface area contributed by atoms with Crippen LogP contribution in [0.25, 0.3) is 0 Å². The second-order valence-corrected chi connectivity index (χ2v) is 6.01. The quantitative estimate of drug-likeness (QED) is 0.841. The van der Waals surface area contributed by atoms with E-state index in [0.717, 1.165) is 25.1 Å². The number of likely N-dealkylation sites (tertiary alicyclic amines) is 1. The zero-order chi connectivity index (χ0) is 15.2. The lowest BCUT2D eigenvalue weighted by Gasteiger charge is -2.30. The van der Waals surface area contributed by atoms with Crippen molar-refractivity contribution in [2.24, 2.45) is 5.92 Å². The van der Waals surface area contributed by atoms with Crippen molar-refractivity contribution >= 4 is 28.3 Å². The van der Waals surface area contributed by atoms with Crippen LogP contribution in [0.15, 0.2) is 5.38 Å². The molecule has 0 radical (unpaired) electrons. The van der Waals surface area contributed by atoms with Crippen LogP contribution in [0, 0.1) is 5.92 Å². The van der Waals surface area contributed by atoms with E-state index in [9.17, 15) is 9.59 Å². The average molecular weight is 311 g/mol. The SMILES string of the molecule is CCOC(=O)C1CCCN(Cc2csc(NC(C)=O)n2)C1. The number of piperidine rings is 1. The van der Waals surface area contributed by atoms with Gasteiger partial charge in [-0.15, -0.1) is 11.3 Å². The Bertz CT molecular complexity index is 503. The maximum Gasteiger partial charge on any atom is 0.310 e. The molecule has 21 heavy (non-hydrogen) atoms. The molecule has 1 saturated heterocycles. The summed E-state index contributed by atoms with van der Waals surface area (Å²) in [4.78, 5) is 29.4. The minimum absolute atomic E-state index is 0.0350. The summed E-state index contributed by atoms with van der Waals surface area (Å²) in [6, 6.07) is 0. The van der Waals surface area contributed by atoms with Crippen molar-refractivity contribution in [2.45, 2.75) is 33.2 Å². The summed E-state index contributed by atoms with van der Waals surface area (Å²) in [5.41, 5.74) is 0.924. The molecule has 0 saturated carbocycles. The van der Waals surface area contributed by atoms with Gasteiger partial charge in [-0.25, -0.2) is 4.98 Å². The summed E-state index contributed by atoms with van der Waals surface area (Å²) in [5.74, 6) is -0.247. The first-order valence-corrected chi connectivity index (χ1v) is 8.07. The van der Waals surface area contributed by atoms with Crippen LogP contribution in [0.1, 0.15) is 32.4 Å². The van der Waals surface area contributed by atoms with Gasteiger partial charge < -0.3 is 10.1 Å². The minimum Gasteiger partial charge on any atom is -0.466 e. The standard InChI is InChI=1S/C14H21N3O3S/c1-3-20-13(19)11-5-4-6-17(7-11)8-12-9-21-14(16-12)15-10(2)18/h9,11H,3-8H2,1-2H3,(H,15,16,18). The lowest BCUT2D eigenvalue weighted by molar-refractivity contribution is -0.150. The second-order valence-electron chi connectivity index (χ2n) is 5.15. The summed E-state index contributed by atoms with van der Waals surface area (Å²) in [7, 11) is 0. The summed E-state index contributed by atoms with van der Waals surface area (Å²) in [6.07, 6.45) is 1.88. The van der Waals surface area contributed by atoms with Gasteiger partial charge in [0.05, 0.1) is 18.2 Å². The number of aromatic nitrogens is 1. The van der Waals surface area contributed by atoms with E-state index in [1.165, 1.54) is 18.3 Å². The van der Waals surface area contributed by atoms with Crippen molar-refractivity contribution in [2.75, 3.05) is 25.0 Å². The molecule has 7 heteroatoms. The number of nitrogens with zero attached hydrogens (tertiary/aromatic N) is 2. The van der Waals surface area contributed by atoms with Gasteiger partial charge in [-0.05, 0) is 26.3 Å². The first-order valence-electron chi connectivity index (χ1n) is 7.19. The molecule has 1 fully saturated rings. The molecule has 1 aromatic heterocycles. The van der Waals surface area contributed by atoms with E-state index >= 15 is 0 Å². The third-order valence-corrected chi connectivity index (χ3v) is 4.15. The molecule has 1 N–H and O–H groups in total. The monoisotopic (exact) mass is 311 g/mol. The fourth-order valence-corrected chi connectivity index (χ4v) is 3.22. The normalized spacial score (nSPS) is 19.2. The van der Waals surface area contributed by atoms with Crippen molar-refractivity contribution in [3.63, 3.8) is 0 Å². The Hall–Kier alpha value is -1.47. The number of carbonyl (C=O) groups is 2. The van der Waals surface area contributed by atoms with E-state index in [4.69, 9.17) is 4.74 Å². The number of rotatable bonds is 5. The zero-order valence-corrected chi connectivity index (χ0v) is 13.2. The summed E-state index contributed by atoms with van der Waals surface area (Å²) in [6.45, 7) is 6.11. The van der Waals surface area contributed by atoms with Gasteiger partial charge in [-0.2, -0.15) is 0 Å². The molecular formula is C14H21N3O3S. The van der Waals surface area contributed by atoms with E-state index in [1.807, 2.05) is 12.3 Å². The molecule has 0 aliphatic carbocycles. The third-order valence-electron chi connectivity index (χ3n) is 3.35. The molecule has 116 valence electrons. The van der Waals surface area contributed by atoms with Gasteiger partial charge >= 0.3 is 5.97 Å². The lowest BCUT2D eigenvalue weighted by Crippen LogP contribution is -2.39. The Kier molecular flexibility index (Phi) is 5.69. The Morgan fingerprint density at radius 2 is 2.38 bits per heavy atom. The average Bonchev–Trinajstić information content (AvgIpc) is 2.85. The van der Waals surface area contributed by atoms with E-state index < -0.39 is 0 Å². The Morgan fingerprint density at radius 3 is 3.10 bits per heavy atom. The van der Waals surface area contributed by atoms with Crippen molar-refractivity contribution in [1.29, 1.82) is 0 Å². The number of nitrogens with one attached hydrogen (secondary N) is 1. The highest BCUT2D eigenvalue weighted by atomic mass is 32.1. The van der Waals surface area contributed by atoms with Crippen LogP contribution in [0.3, 0.4) is 0 Å². The molecule has 2 rings (SSSR count). The molecule has 0 bridgehead atoms. The van der Waals surface area contributed by atoms with Crippen LogP contribution in [0.2, 0.25) is 0 Å². The van der Waals surface area contributed by atoms with E-state index in [1.54, 1.807) is 0 Å². The molecule has 1 unspecified atom stereocenters. The number of ether oxygens (including phenoxy) is 1. The van der Waals surface area contributed by atoms with E-state index in [-0.39, 0.29) is 17.8 Å². The van der Waals surface area contributed by atoms with Crippen molar-refractivity contribution in [1.82, 2.24) is 9.88 Å². The third kappa shape index (κ3) is 4.78. The predicted molar refractivity (Wildman–Crippen MR) is 81.1 cm³/mol. The predicted octanol–water partition coefficient (Wildman–Crippen LogP) is 1.88. The Morgan fingerprint density at radius 1 is 1.57 bits per heavy atom. The topological polar surface area (TPSA) is 71.5 Å². The number of amides is 1. The molecule has 6 nitrogen and oxygen atoms in total. The zero-order valence-electron chi connectivity index (χ0n) is 12.4. The van der Waals surface area contributed by atoms with Gasteiger partial charge in [0.25, 0.3) is 0 Å². The molecule has 1 aliphatic rings. The number of esters is 1. The maximum atomic E-state index is 11.8. The van der Waals surface area contributed by atoms with Crippen LogP contribution in [-0.2, 0) is 20.9 Å². The van der Waals surface area contributed by atoms with Crippen LogP contribution in [-0.4, -0.2) is 41.5 Å². The highest BCUT2D eigenvalue weighted by Crippen LogP contribution is 2.22. The van der Waals surface area contributed by atoms with Crippen molar-refractivity contribution in [3.05, 3.63) is 11.1 Å². The number of carbonyl (C=O) groups excluding carboxylic acids is 2. The van der Waals surface area contributed by atoms with Crippen LogP contribution in [0.5, 0.6) is 0 Å². The molecule has 1 aromatic rings. The van der Waals surface area contributed by atoms with Gasteiger partial charge in [-0.1, -0.05) is 0 Å². The summed E-state index contributed by atoms with van der Waals surface area (Å²) in [5, 5.41) is 5.25. The minimum atomic E-state index is -0.115. The van der Waals surface area contributed by atoms with Gasteiger partial charge in [0.2, 0.25) is 5.91 Å². The lowest BCUT2D eigenvalue weighted by atomic mass is 9.98. The maximum absolute atomic E-state index is 11.8. The van der Waals surface area contributed by atoms with Crippen LogP contribution >= 0.6 is 11.3 Å². The largest absolute Gasteiger partial charge is 0.466 e. The smallest absolute Gasteiger partial charge is 0.310 e. The molecule has 1 amide bonds. The fourth-order valence-electron chi connectivity index (χ4n) is 2.47. The van der Waals surface area contributed by atoms with Crippen molar-refractivity contribution < 1.29 is 14.3 Å². The van der Waals surface area contributed by atoms with Crippen LogP contribution < -0.4 is 5.32 Å². The fraction of sp³-hybridized carbons (Fsp3) is 0.643. The van der Waals surface area contributed by atoms with Gasteiger partial charge in [-0.3, -0.25) is 14.5 Å². The number of anilines is 1. The Labute approximate surface area is 128 Å². The van der Waals surface area contributed by atoms with Gasteiger partial charge in [0.1, 0.15) is 0 Å². The number of thiazole rings is 1. The van der Waals surface area contributed by atoms with Gasteiger partial charge in [0, 0.05) is 25.4 Å². The van der Waals surface area contributed by atoms with E-state index in [2.05, 4.69) is 15.2 Å². The van der Waals surface area contributed by atoms with E-state index in [0.29, 0.717) is 24.8 Å². The molecule has 0 aromatic carbocycles. The summed E-state index contributed by atoms with van der Waals surface area (Å²) >= 11 is 1.42. The molecular weight excluding hydrogens is 290 g/mol. The molecule has 1 aliphatic heterocycles. The molecule has 1 atom stereocenters. The summed E-state index contributed by atoms with van der Waals surface area (Å²) < 4.78 is 5.10. The second kappa shape index (κ2) is 7.51. The first kappa shape index (κ1) is 15.9.